The van der Waals surface area contributed by atoms with Gasteiger partial charge < -0.3 is 39.6 Å². The molecule has 0 saturated carbocycles. The monoisotopic (exact) mass is 674 g/mol. The van der Waals surface area contributed by atoms with Crippen LogP contribution < -0.4 is 26.0 Å². The van der Waals surface area contributed by atoms with Gasteiger partial charge in [-0.1, -0.05) is 12.1 Å². The van der Waals surface area contributed by atoms with E-state index in [1.807, 2.05) is 11.9 Å². The number of hydrogen-bond donors (Lipinski definition) is 4. The molecule has 1 aromatic heterocycles. The predicted octanol–water partition coefficient (Wildman–Crippen LogP) is 3.05. The third kappa shape index (κ3) is 7.70. The van der Waals surface area contributed by atoms with Crippen LogP contribution in [-0.2, 0) is 28.0 Å². The average molecular weight is 675 g/mol. The second kappa shape index (κ2) is 14.0. The lowest BCUT2D eigenvalue weighted by Crippen LogP contribution is -2.52. The fourth-order valence-electron chi connectivity index (χ4n) is 5.84. The summed E-state index contributed by atoms with van der Waals surface area (Å²) in [5, 5.41) is 11.2. The molecule has 1 saturated heterocycles. The van der Waals surface area contributed by atoms with E-state index in [0.29, 0.717) is 66.0 Å². The van der Waals surface area contributed by atoms with Gasteiger partial charge in [0.25, 0.3) is 17.7 Å². The minimum atomic E-state index is -1.71. The van der Waals surface area contributed by atoms with E-state index in [9.17, 15) is 24.0 Å². The van der Waals surface area contributed by atoms with E-state index in [0.717, 1.165) is 5.56 Å². The summed E-state index contributed by atoms with van der Waals surface area (Å²) in [5.74, 6) is -0.624. The molecule has 260 valence electrons. The van der Waals surface area contributed by atoms with Gasteiger partial charge in [-0.25, -0.2) is 9.59 Å². The van der Waals surface area contributed by atoms with Crippen molar-refractivity contribution in [1.82, 2.24) is 31.1 Å². The van der Waals surface area contributed by atoms with Gasteiger partial charge in [0.05, 0.1) is 13.7 Å². The molecule has 6 amide bonds. The topological polar surface area (TPSA) is 172 Å². The first-order chi connectivity index (χ1) is 23.2. The number of ether oxygens (including phenoxy) is 2. The average Bonchev–Trinajstić information content (AvgIpc) is 3.68. The molecule has 0 aliphatic carbocycles. The number of carbonyl (C=O) groups excluding carboxylic acids is 5. The standard InChI is InChI=1S/C35H42N6O8/c1-7-8-21-16-27-23(15-25(21)29(42)36-11-13-40(5)14-12-37-33(46)49-34(2,3)4)17-28(48-27)35(31(44)38-32(45)39-35)20-41-19-22-9-10-24(47-6)18-26(22)30(41)43/h7,9-10,15-18H,1,8,11-14,19-20H2,2-6H3,(H,36,42)(H,37,46)(H2,38,39,44,45). The first-order valence-electron chi connectivity index (χ1n) is 15.9. The van der Waals surface area contributed by atoms with Crippen molar-refractivity contribution >= 4 is 40.8 Å². The fourth-order valence-corrected chi connectivity index (χ4v) is 5.84. The Morgan fingerprint density at radius 1 is 1.10 bits per heavy atom. The summed E-state index contributed by atoms with van der Waals surface area (Å²) in [7, 11) is 3.39. The van der Waals surface area contributed by atoms with E-state index in [1.165, 1.54) is 12.0 Å². The Labute approximate surface area is 284 Å². The van der Waals surface area contributed by atoms with Crippen molar-refractivity contribution < 1.29 is 37.9 Å². The van der Waals surface area contributed by atoms with Crippen molar-refractivity contribution in [2.24, 2.45) is 0 Å². The van der Waals surface area contributed by atoms with E-state index >= 15 is 0 Å². The maximum atomic E-state index is 13.4. The lowest BCUT2D eigenvalue weighted by atomic mass is 9.94. The number of hydrogen-bond acceptors (Lipinski definition) is 9. The molecule has 2 aliphatic heterocycles. The number of amides is 6. The normalized spacial score (nSPS) is 17.2. The molecular formula is C35H42N6O8. The summed E-state index contributed by atoms with van der Waals surface area (Å²) in [6, 6.07) is 9.49. The van der Waals surface area contributed by atoms with Crippen LogP contribution in [0.25, 0.3) is 11.0 Å². The largest absolute Gasteiger partial charge is 0.497 e. The van der Waals surface area contributed by atoms with Crippen LogP contribution in [0, 0.1) is 0 Å². The summed E-state index contributed by atoms with van der Waals surface area (Å²) < 4.78 is 16.7. The Hall–Kier alpha value is -5.37. The molecule has 2 aliphatic rings. The Morgan fingerprint density at radius 3 is 2.49 bits per heavy atom. The zero-order chi connectivity index (χ0) is 35.5. The maximum absolute atomic E-state index is 13.4. The molecule has 1 fully saturated rings. The van der Waals surface area contributed by atoms with Crippen LogP contribution in [0.2, 0.25) is 0 Å². The molecule has 5 rings (SSSR count). The van der Waals surface area contributed by atoms with Crippen LogP contribution in [-0.4, -0.2) is 92.1 Å². The highest BCUT2D eigenvalue weighted by Crippen LogP contribution is 2.36. The van der Waals surface area contributed by atoms with Crippen molar-refractivity contribution in [1.29, 1.82) is 0 Å². The van der Waals surface area contributed by atoms with Crippen LogP contribution in [0.1, 0.15) is 58.4 Å². The third-order valence-electron chi connectivity index (χ3n) is 8.28. The molecule has 1 atom stereocenters. The first kappa shape index (κ1) is 35.0. The number of furan rings is 1. The number of nitrogens with one attached hydrogen (secondary N) is 4. The minimum Gasteiger partial charge on any atom is -0.497 e. The van der Waals surface area contributed by atoms with Gasteiger partial charge in [-0.2, -0.15) is 0 Å². The molecule has 0 radical (unpaired) electrons. The van der Waals surface area contributed by atoms with Crippen molar-refractivity contribution in [3.8, 4) is 5.75 Å². The number of alkyl carbamates (subject to hydrolysis) is 1. The quantitative estimate of drug-likeness (QED) is 0.157. The SMILES string of the molecule is C=CCc1cc2oc(C3(CN4Cc5ccc(OC)cc5C4=O)NC(=O)NC3=O)cc2cc1C(=O)NCCN(C)CCNC(=O)OC(C)(C)C. The summed E-state index contributed by atoms with van der Waals surface area (Å²) in [6.45, 7) is 11.1. The van der Waals surface area contributed by atoms with Gasteiger partial charge in [-0.15, -0.1) is 6.58 Å². The van der Waals surface area contributed by atoms with Crippen LogP contribution >= 0.6 is 0 Å². The number of nitrogens with zero attached hydrogens (tertiary/aromatic N) is 2. The fraction of sp³-hybridized carbons (Fsp3) is 0.400. The van der Waals surface area contributed by atoms with Crippen LogP contribution in [0.15, 0.2) is 53.5 Å². The molecule has 14 nitrogen and oxygen atoms in total. The number of likely N-dealkylation sites (N-methyl/N-ethyl adjacent to an activating group) is 1. The maximum Gasteiger partial charge on any atom is 0.407 e. The Bertz CT molecular complexity index is 1810. The highest BCUT2D eigenvalue weighted by Gasteiger charge is 2.53. The number of rotatable bonds is 13. The highest BCUT2D eigenvalue weighted by atomic mass is 16.6. The summed E-state index contributed by atoms with van der Waals surface area (Å²) in [4.78, 5) is 68.0. The summed E-state index contributed by atoms with van der Waals surface area (Å²) >= 11 is 0. The van der Waals surface area contributed by atoms with Gasteiger partial charge in [0.2, 0.25) is 0 Å². The lowest BCUT2D eigenvalue weighted by molar-refractivity contribution is -0.125. The van der Waals surface area contributed by atoms with Gasteiger partial charge in [0, 0.05) is 49.2 Å². The molecule has 4 N–H and O–H groups in total. The van der Waals surface area contributed by atoms with Crippen molar-refractivity contribution in [2.75, 3.05) is 46.9 Å². The molecule has 0 bridgehead atoms. The van der Waals surface area contributed by atoms with E-state index in [2.05, 4.69) is 27.8 Å². The minimum absolute atomic E-state index is 0.121. The molecule has 2 aromatic carbocycles. The number of urea groups is 1. The molecule has 0 spiro atoms. The van der Waals surface area contributed by atoms with Gasteiger partial charge in [0.15, 0.2) is 5.54 Å². The van der Waals surface area contributed by atoms with E-state index < -0.39 is 29.2 Å². The van der Waals surface area contributed by atoms with Crippen molar-refractivity contribution in [3.05, 3.63) is 77.1 Å². The van der Waals surface area contributed by atoms with E-state index in [-0.39, 0.29) is 30.7 Å². The van der Waals surface area contributed by atoms with E-state index in [1.54, 1.807) is 63.2 Å². The van der Waals surface area contributed by atoms with Crippen molar-refractivity contribution in [2.45, 2.75) is 44.9 Å². The van der Waals surface area contributed by atoms with Crippen LogP contribution in [0.3, 0.4) is 0 Å². The Kier molecular flexibility index (Phi) is 9.99. The molecule has 1 unspecified atom stereocenters. The molecule has 3 aromatic rings. The van der Waals surface area contributed by atoms with E-state index in [4.69, 9.17) is 13.9 Å². The number of benzene rings is 2. The Morgan fingerprint density at radius 2 is 1.84 bits per heavy atom. The second-order valence-electron chi connectivity index (χ2n) is 13.1. The molecule has 3 heterocycles. The Balaban J connectivity index is 1.31. The van der Waals surface area contributed by atoms with Gasteiger partial charge in [-0.3, -0.25) is 19.7 Å². The zero-order valence-electron chi connectivity index (χ0n) is 28.4. The van der Waals surface area contributed by atoms with Crippen LogP contribution in [0.4, 0.5) is 9.59 Å². The third-order valence-corrected chi connectivity index (χ3v) is 8.28. The second-order valence-corrected chi connectivity index (χ2v) is 13.1. The zero-order valence-corrected chi connectivity index (χ0v) is 28.4. The highest BCUT2D eigenvalue weighted by molar-refractivity contribution is 6.08. The van der Waals surface area contributed by atoms with Gasteiger partial charge >= 0.3 is 12.1 Å². The van der Waals surface area contributed by atoms with Gasteiger partial charge in [-0.05, 0) is 75.7 Å². The molecule has 14 heteroatoms. The number of fused-ring (bicyclic) bond motifs is 2. The number of imide groups is 1. The summed E-state index contributed by atoms with van der Waals surface area (Å²) in [5.41, 5.74) is 0.397. The van der Waals surface area contributed by atoms with Crippen LogP contribution in [0.5, 0.6) is 5.75 Å². The lowest BCUT2D eigenvalue weighted by Gasteiger charge is -2.29. The number of allylic oxidation sites excluding steroid dienone is 1. The van der Waals surface area contributed by atoms with Gasteiger partial charge in [0.1, 0.15) is 22.7 Å². The smallest absolute Gasteiger partial charge is 0.407 e. The first-order valence-corrected chi connectivity index (χ1v) is 15.9. The number of methoxy groups -OCH3 is 1. The van der Waals surface area contributed by atoms with Crippen molar-refractivity contribution in [3.63, 3.8) is 0 Å². The summed E-state index contributed by atoms with van der Waals surface area (Å²) in [6.07, 6.45) is 1.56. The molecular weight excluding hydrogens is 632 g/mol. The molecule has 49 heavy (non-hydrogen) atoms. The predicted molar refractivity (Wildman–Crippen MR) is 180 cm³/mol. The number of carbonyl (C=O) groups is 5.